The van der Waals surface area contributed by atoms with Crippen LogP contribution in [0.3, 0.4) is 0 Å². The highest BCUT2D eigenvalue weighted by Gasteiger charge is 2.10. The number of esters is 1. The van der Waals surface area contributed by atoms with E-state index in [0.717, 1.165) is 11.6 Å². The van der Waals surface area contributed by atoms with E-state index in [2.05, 4.69) is 0 Å². The highest BCUT2D eigenvalue weighted by atomic mass is 16.6. The average Bonchev–Trinajstić information content (AvgIpc) is 2.26. The zero-order valence-corrected chi connectivity index (χ0v) is 10.0. The molecule has 0 aliphatic rings. The summed E-state index contributed by atoms with van der Waals surface area (Å²) in [6, 6.07) is 4.34. The number of carbonyl (C=O) groups is 1. The average molecular weight is 251 g/mol. The van der Waals surface area contributed by atoms with Gasteiger partial charge >= 0.3 is 5.97 Å². The molecule has 0 aromatic heterocycles. The molecule has 6 nitrogen and oxygen atoms in total. The molecular weight excluding hydrogens is 238 g/mol. The first-order chi connectivity index (χ1) is 8.40. The van der Waals surface area contributed by atoms with E-state index in [1.165, 1.54) is 19.1 Å². The van der Waals surface area contributed by atoms with Crippen molar-refractivity contribution < 1.29 is 19.6 Å². The lowest BCUT2D eigenvalue weighted by atomic mass is 10.1. The normalized spacial score (nSPS) is 11.1. The Morgan fingerprint density at radius 3 is 2.78 bits per heavy atom. The third kappa shape index (κ3) is 3.89. The molecule has 1 aromatic carbocycles. The van der Waals surface area contributed by atoms with Crippen LogP contribution < -0.4 is 0 Å². The van der Waals surface area contributed by atoms with Crippen LogP contribution in [0.15, 0.2) is 30.0 Å². The van der Waals surface area contributed by atoms with Crippen molar-refractivity contribution >= 4 is 11.7 Å². The fourth-order valence-corrected chi connectivity index (χ4v) is 1.29. The van der Waals surface area contributed by atoms with Gasteiger partial charge in [0, 0.05) is 12.1 Å². The van der Waals surface area contributed by atoms with Crippen molar-refractivity contribution in [1.29, 1.82) is 0 Å². The van der Waals surface area contributed by atoms with E-state index in [1.54, 1.807) is 13.0 Å². The van der Waals surface area contributed by atoms with Gasteiger partial charge in [0.1, 0.15) is 6.61 Å². The molecule has 1 rings (SSSR count). The van der Waals surface area contributed by atoms with Gasteiger partial charge in [0.05, 0.1) is 16.8 Å². The number of benzene rings is 1. The van der Waals surface area contributed by atoms with Gasteiger partial charge in [-0.2, -0.15) is 0 Å². The first kappa shape index (κ1) is 13.7. The van der Waals surface area contributed by atoms with Crippen LogP contribution in [-0.4, -0.2) is 16.0 Å². The lowest BCUT2D eigenvalue weighted by Crippen LogP contribution is -2.03. The van der Waals surface area contributed by atoms with Crippen molar-refractivity contribution in [3.63, 3.8) is 0 Å². The molecule has 0 fully saturated rings. The molecule has 6 heteroatoms. The molecule has 0 amide bonds. The standard InChI is InChI=1S/C12H13NO5/c1-8-3-4-11(13(16)17)6-10(8)7-18-12(15)5-9(2)14/h3-6,14H,7H2,1-2H3/b9-5-. The van der Waals surface area contributed by atoms with E-state index in [0.29, 0.717) is 5.56 Å². The Bertz CT molecular complexity index is 503. The van der Waals surface area contributed by atoms with Gasteiger partial charge in [-0.15, -0.1) is 0 Å². The number of hydrogen-bond acceptors (Lipinski definition) is 5. The number of carbonyl (C=O) groups excluding carboxylic acids is 1. The maximum atomic E-state index is 11.2. The van der Waals surface area contributed by atoms with Crippen molar-refractivity contribution in [2.24, 2.45) is 0 Å². The number of aliphatic hydroxyl groups excluding tert-OH is 1. The first-order valence-electron chi connectivity index (χ1n) is 5.18. The molecule has 18 heavy (non-hydrogen) atoms. The number of nitrogens with zero attached hydrogens (tertiary/aromatic N) is 1. The fraction of sp³-hybridized carbons (Fsp3) is 0.250. The molecule has 0 atom stereocenters. The van der Waals surface area contributed by atoms with E-state index in [9.17, 15) is 14.9 Å². The van der Waals surface area contributed by atoms with E-state index in [4.69, 9.17) is 9.84 Å². The van der Waals surface area contributed by atoms with Crippen LogP contribution in [0.25, 0.3) is 0 Å². The third-order valence-corrected chi connectivity index (χ3v) is 2.24. The molecular formula is C12H13NO5. The van der Waals surface area contributed by atoms with Crippen LogP contribution in [0.2, 0.25) is 0 Å². The summed E-state index contributed by atoms with van der Waals surface area (Å²) >= 11 is 0. The van der Waals surface area contributed by atoms with Crippen molar-refractivity contribution in [2.45, 2.75) is 20.5 Å². The maximum absolute atomic E-state index is 11.2. The van der Waals surface area contributed by atoms with E-state index in [1.807, 2.05) is 0 Å². The molecule has 0 aliphatic heterocycles. The van der Waals surface area contributed by atoms with Crippen LogP contribution in [-0.2, 0) is 16.1 Å². The van der Waals surface area contributed by atoms with Crippen molar-refractivity contribution in [3.05, 3.63) is 51.3 Å². The Morgan fingerprint density at radius 2 is 2.22 bits per heavy atom. The number of aliphatic hydroxyl groups is 1. The summed E-state index contributed by atoms with van der Waals surface area (Å²) < 4.78 is 4.86. The van der Waals surface area contributed by atoms with Gasteiger partial charge < -0.3 is 9.84 Å². The fourth-order valence-electron chi connectivity index (χ4n) is 1.29. The Morgan fingerprint density at radius 1 is 1.56 bits per heavy atom. The molecule has 0 saturated heterocycles. The molecule has 0 spiro atoms. The zero-order valence-electron chi connectivity index (χ0n) is 10.0. The number of aryl methyl sites for hydroxylation is 1. The lowest BCUT2D eigenvalue weighted by Gasteiger charge is -2.05. The third-order valence-electron chi connectivity index (χ3n) is 2.24. The number of allylic oxidation sites excluding steroid dienone is 1. The zero-order chi connectivity index (χ0) is 13.7. The smallest absolute Gasteiger partial charge is 0.334 e. The van der Waals surface area contributed by atoms with Gasteiger partial charge in [0.2, 0.25) is 0 Å². The van der Waals surface area contributed by atoms with Crippen LogP contribution in [0.1, 0.15) is 18.1 Å². The van der Waals surface area contributed by atoms with Crippen LogP contribution >= 0.6 is 0 Å². The summed E-state index contributed by atoms with van der Waals surface area (Å²) in [5.74, 6) is -0.850. The summed E-state index contributed by atoms with van der Waals surface area (Å²) in [5, 5.41) is 19.5. The maximum Gasteiger partial charge on any atom is 0.334 e. The molecule has 0 radical (unpaired) electrons. The van der Waals surface area contributed by atoms with Crippen molar-refractivity contribution in [2.75, 3.05) is 0 Å². The van der Waals surface area contributed by atoms with E-state index < -0.39 is 10.9 Å². The predicted molar refractivity (Wildman–Crippen MR) is 64.0 cm³/mol. The molecule has 0 bridgehead atoms. The topological polar surface area (TPSA) is 89.7 Å². The first-order valence-corrected chi connectivity index (χ1v) is 5.18. The molecule has 96 valence electrons. The molecule has 0 unspecified atom stereocenters. The SMILES string of the molecule is C/C(O)=C/C(=O)OCc1cc([N+](=O)[O-])ccc1C. The van der Waals surface area contributed by atoms with E-state index >= 15 is 0 Å². The second-order valence-corrected chi connectivity index (χ2v) is 3.76. The van der Waals surface area contributed by atoms with Gasteiger partial charge in [-0.25, -0.2) is 4.79 Å². The molecule has 1 N–H and O–H groups in total. The number of ether oxygens (including phenoxy) is 1. The van der Waals surface area contributed by atoms with Crippen molar-refractivity contribution in [1.82, 2.24) is 0 Å². The van der Waals surface area contributed by atoms with Crippen LogP contribution in [0.5, 0.6) is 0 Å². The summed E-state index contributed by atoms with van der Waals surface area (Å²) in [6.45, 7) is 3.04. The quantitative estimate of drug-likeness (QED) is 0.292. The monoisotopic (exact) mass is 251 g/mol. The Kier molecular flexibility index (Phi) is 4.42. The van der Waals surface area contributed by atoms with Crippen LogP contribution in [0, 0.1) is 17.0 Å². The van der Waals surface area contributed by atoms with Crippen molar-refractivity contribution in [3.8, 4) is 0 Å². The second-order valence-electron chi connectivity index (χ2n) is 3.76. The molecule has 1 aromatic rings. The summed E-state index contributed by atoms with van der Waals surface area (Å²) in [6.07, 6.45) is 0.937. The summed E-state index contributed by atoms with van der Waals surface area (Å²) in [7, 11) is 0. The minimum absolute atomic E-state index is 0.0551. The summed E-state index contributed by atoms with van der Waals surface area (Å²) in [4.78, 5) is 21.3. The van der Waals surface area contributed by atoms with Gasteiger partial charge in [-0.3, -0.25) is 10.1 Å². The Balaban J connectivity index is 2.78. The van der Waals surface area contributed by atoms with Gasteiger partial charge in [0.25, 0.3) is 5.69 Å². The molecule has 0 aliphatic carbocycles. The highest BCUT2D eigenvalue weighted by Crippen LogP contribution is 2.18. The van der Waals surface area contributed by atoms with Gasteiger partial charge in [-0.1, -0.05) is 6.07 Å². The van der Waals surface area contributed by atoms with E-state index in [-0.39, 0.29) is 18.1 Å². The predicted octanol–water partition coefficient (Wildman–Crippen LogP) is 2.41. The number of hydrogen-bond donors (Lipinski definition) is 1. The van der Waals surface area contributed by atoms with Gasteiger partial charge in [-0.05, 0) is 25.0 Å². The molecule has 0 saturated carbocycles. The Hall–Kier alpha value is -2.37. The van der Waals surface area contributed by atoms with Crippen LogP contribution in [0.4, 0.5) is 5.69 Å². The lowest BCUT2D eigenvalue weighted by molar-refractivity contribution is -0.385. The Labute approximate surface area is 104 Å². The number of non-ortho nitro benzene ring substituents is 1. The number of rotatable bonds is 4. The number of nitro benzene ring substituents is 1. The minimum atomic E-state index is -0.694. The second kappa shape index (κ2) is 5.81. The van der Waals surface area contributed by atoms with Gasteiger partial charge in [0.15, 0.2) is 0 Å². The minimum Gasteiger partial charge on any atom is -0.512 e. The molecule has 0 heterocycles. The number of nitro groups is 1. The summed E-state index contributed by atoms with van der Waals surface area (Å²) in [5.41, 5.74) is 1.29. The highest BCUT2D eigenvalue weighted by molar-refractivity contribution is 5.82. The largest absolute Gasteiger partial charge is 0.512 e.